The van der Waals surface area contributed by atoms with E-state index >= 15 is 0 Å². The maximum absolute atomic E-state index is 13.5. The van der Waals surface area contributed by atoms with Gasteiger partial charge in [-0.3, -0.25) is 0 Å². The van der Waals surface area contributed by atoms with Crippen molar-refractivity contribution in [1.82, 2.24) is 9.97 Å². The van der Waals surface area contributed by atoms with Crippen molar-refractivity contribution in [2.45, 2.75) is 12.8 Å². The van der Waals surface area contributed by atoms with E-state index in [9.17, 15) is 4.39 Å². The molecule has 1 fully saturated rings. The molecule has 2 heterocycles. The highest BCUT2D eigenvalue weighted by Gasteiger charge is 2.15. The standard InChI is InChI=1S/C17H21FN4O/c1-21(10-11-23-15-7-3-2-6-14(15)18)16-12-17(20-13-19-16)22-8-4-5-9-22/h2-3,6-7,12-13H,4-5,8-11H2,1H3. The fourth-order valence-electron chi connectivity index (χ4n) is 2.63. The molecule has 1 saturated heterocycles. The van der Waals surface area contributed by atoms with Gasteiger partial charge in [-0.2, -0.15) is 0 Å². The molecule has 0 bridgehead atoms. The van der Waals surface area contributed by atoms with Crippen molar-refractivity contribution >= 4 is 11.6 Å². The lowest BCUT2D eigenvalue weighted by Crippen LogP contribution is -2.26. The molecule has 2 aromatic rings. The molecular weight excluding hydrogens is 295 g/mol. The van der Waals surface area contributed by atoms with E-state index in [1.807, 2.05) is 18.0 Å². The number of hydrogen-bond acceptors (Lipinski definition) is 5. The second-order valence-corrected chi connectivity index (χ2v) is 5.63. The predicted molar refractivity (Wildman–Crippen MR) is 88.6 cm³/mol. The molecule has 3 rings (SSSR count). The van der Waals surface area contributed by atoms with Crippen molar-refractivity contribution in [2.24, 2.45) is 0 Å². The van der Waals surface area contributed by atoms with Crippen LogP contribution < -0.4 is 14.5 Å². The lowest BCUT2D eigenvalue weighted by molar-refractivity contribution is 0.309. The van der Waals surface area contributed by atoms with Crippen LogP contribution in [0.4, 0.5) is 16.0 Å². The van der Waals surface area contributed by atoms with Gasteiger partial charge in [0.05, 0.1) is 6.54 Å². The number of nitrogens with zero attached hydrogens (tertiary/aromatic N) is 4. The fraction of sp³-hybridized carbons (Fsp3) is 0.412. The Morgan fingerprint density at radius 1 is 1.22 bits per heavy atom. The van der Waals surface area contributed by atoms with Crippen LogP contribution in [0, 0.1) is 5.82 Å². The zero-order chi connectivity index (χ0) is 16.1. The van der Waals surface area contributed by atoms with Gasteiger partial charge in [0.15, 0.2) is 11.6 Å². The summed E-state index contributed by atoms with van der Waals surface area (Å²) in [5.41, 5.74) is 0. The first kappa shape index (κ1) is 15.5. The zero-order valence-corrected chi connectivity index (χ0v) is 13.3. The van der Waals surface area contributed by atoms with Crippen molar-refractivity contribution < 1.29 is 9.13 Å². The highest BCUT2D eigenvalue weighted by atomic mass is 19.1. The average molecular weight is 316 g/mol. The molecule has 0 aliphatic carbocycles. The lowest BCUT2D eigenvalue weighted by Gasteiger charge is -2.21. The maximum atomic E-state index is 13.5. The van der Waals surface area contributed by atoms with Gasteiger partial charge in [0.1, 0.15) is 24.6 Å². The second-order valence-electron chi connectivity index (χ2n) is 5.63. The van der Waals surface area contributed by atoms with Crippen LogP contribution in [0.3, 0.4) is 0 Å². The molecule has 1 aliphatic heterocycles. The van der Waals surface area contributed by atoms with Crippen LogP contribution >= 0.6 is 0 Å². The largest absolute Gasteiger partial charge is 0.489 e. The van der Waals surface area contributed by atoms with Crippen molar-refractivity contribution in [3.63, 3.8) is 0 Å². The Balaban J connectivity index is 1.56. The summed E-state index contributed by atoms with van der Waals surface area (Å²) < 4.78 is 19.0. The normalized spacial score (nSPS) is 14.1. The second kappa shape index (κ2) is 7.26. The number of benzene rings is 1. The zero-order valence-electron chi connectivity index (χ0n) is 13.3. The monoisotopic (exact) mass is 316 g/mol. The summed E-state index contributed by atoms with van der Waals surface area (Å²) in [5.74, 6) is 1.75. The molecule has 0 atom stereocenters. The Labute approximate surface area is 135 Å². The maximum Gasteiger partial charge on any atom is 0.165 e. The molecule has 5 nitrogen and oxygen atoms in total. The third-order valence-corrected chi connectivity index (χ3v) is 3.98. The van der Waals surface area contributed by atoms with E-state index < -0.39 is 0 Å². The van der Waals surface area contributed by atoms with Gasteiger partial charge >= 0.3 is 0 Å². The van der Waals surface area contributed by atoms with Crippen LogP contribution in [0.15, 0.2) is 36.7 Å². The highest BCUT2D eigenvalue weighted by Crippen LogP contribution is 2.21. The Morgan fingerprint density at radius 2 is 2.00 bits per heavy atom. The van der Waals surface area contributed by atoms with Crippen LogP contribution in [-0.2, 0) is 0 Å². The van der Waals surface area contributed by atoms with Gasteiger partial charge in [0.25, 0.3) is 0 Å². The average Bonchev–Trinajstić information content (AvgIpc) is 3.11. The number of likely N-dealkylation sites (N-methyl/N-ethyl adjacent to an activating group) is 1. The molecule has 6 heteroatoms. The van der Waals surface area contributed by atoms with E-state index in [0.29, 0.717) is 13.2 Å². The summed E-state index contributed by atoms with van der Waals surface area (Å²) in [7, 11) is 1.95. The van der Waals surface area contributed by atoms with Crippen molar-refractivity contribution in [2.75, 3.05) is 43.1 Å². The summed E-state index contributed by atoms with van der Waals surface area (Å²) in [6, 6.07) is 8.43. The summed E-state index contributed by atoms with van der Waals surface area (Å²) in [6.45, 7) is 3.11. The molecule has 122 valence electrons. The van der Waals surface area contributed by atoms with Crippen LogP contribution in [-0.4, -0.2) is 43.3 Å². The van der Waals surface area contributed by atoms with E-state index in [1.165, 1.54) is 18.9 Å². The molecule has 23 heavy (non-hydrogen) atoms. The van der Waals surface area contributed by atoms with Crippen molar-refractivity contribution in [1.29, 1.82) is 0 Å². The minimum atomic E-state index is -0.339. The molecular formula is C17H21FN4O. The summed E-state index contributed by atoms with van der Waals surface area (Å²) in [4.78, 5) is 12.9. The SMILES string of the molecule is CN(CCOc1ccccc1F)c1cc(N2CCCC2)ncn1. The Kier molecular flexibility index (Phi) is 4.90. The first-order valence-corrected chi connectivity index (χ1v) is 7.89. The van der Waals surface area contributed by atoms with Gasteiger partial charge < -0.3 is 14.5 Å². The van der Waals surface area contributed by atoms with E-state index in [4.69, 9.17) is 4.74 Å². The van der Waals surface area contributed by atoms with Gasteiger partial charge in [0, 0.05) is 26.2 Å². The van der Waals surface area contributed by atoms with E-state index in [0.717, 1.165) is 24.7 Å². The molecule has 1 aromatic heterocycles. The van der Waals surface area contributed by atoms with Crippen molar-refractivity contribution in [3.8, 4) is 5.75 Å². The van der Waals surface area contributed by atoms with E-state index in [-0.39, 0.29) is 11.6 Å². The van der Waals surface area contributed by atoms with Gasteiger partial charge in [-0.15, -0.1) is 0 Å². The fourth-order valence-corrected chi connectivity index (χ4v) is 2.63. The van der Waals surface area contributed by atoms with Gasteiger partial charge in [0.2, 0.25) is 0 Å². The Bertz CT molecular complexity index is 646. The lowest BCUT2D eigenvalue weighted by atomic mass is 10.3. The molecule has 1 aromatic carbocycles. The van der Waals surface area contributed by atoms with Gasteiger partial charge in [-0.25, -0.2) is 14.4 Å². The first-order valence-electron chi connectivity index (χ1n) is 7.89. The summed E-state index contributed by atoms with van der Waals surface area (Å²) >= 11 is 0. The molecule has 0 spiro atoms. The molecule has 0 unspecified atom stereocenters. The number of hydrogen-bond donors (Lipinski definition) is 0. The quantitative estimate of drug-likeness (QED) is 0.819. The van der Waals surface area contributed by atoms with Crippen LogP contribution in [0.2, 0.25) is 0 Å². The van der Waals surface area contributed by atoms with Crippen molar-refractivity contribution in [3.05, 3.63) is 42.5 Å². The number of halogens is 1. The number of anilines is 2. The molecule has 0 N–H and O–H groups in total. The van der Waals surface area contributed by atoms with Gasteiger partial charge in [-0.1, -0.05) is 12.1 Å². The molecule has 0 saturated carbocycles. The number of ether oxygens (including phenoxy) is 1. The number of para-hydroxylation sites is 1. The minimum Gasteiger partial charge on any atom is -0.489 e. The Hall–Kier alpha value is -2.37. The van der Waals surface area contributed by atoms with Crippen LogP contribution in [0.1, 0.15) is 12.8 Å². The number of aromatic nitrogens is 2. The highest BCUT2D eigenvalue weighted by molar-refractivity contribution is 5.50. The third kappa shape index (κ3) is 3.88. The molecule has 0 amide bonds. The van der Waals surface area contributed by atoms with Crippen LogP contribution in [0.5, 0.6) is 5.75 Å². The summed E-state index contributed by atoms with van der Waals surface area (Å²) in [6.07, 6.45) is 4.02. The Morgan fingerprint density at radius 3 is 2.78 bits per heavy atom. The van der Waals surface area contributed by atoms with Gasteiger partial charge in [-0.05, 0) is 25.0 Å². The van der Waals surface area contributed by atoms with E-state index in [2.05, 4.69) is 14.9 Å². The topological polar surface area (TPSA) is 41.5 Å². The molecule has 0 radical (unpaired) electrons. The molecule has 1 aliphatic rings. The predicted octanol–water partition coefficient (Wildman–Crippen LogP) is 2.73. The smallest absolute Gasteiger partial charge is 0.165 e. The summed E-state index contributed by atoms with van der Waals surface area (Å²) in [5, 5.41) is 0. The number of rotatable bonds is 6. The van der Waals surface area contributed by atoms with E-state index in [1.54, 1.807) is 24.5 Å². The first-order chi connectivity index (χ1) is 11.2. The minimum absolute atomic E-state index is 0.279. The van der Waals surface area contributed by atoms with Crippen LogP contribution in [0.25, 0.3) is 0 Å². The third-order valence-electron chi connectivity index (χ3n) is 3.98.